The van der Waals surface area contributed by atoms with Crippen molar-refractivity contribution < 1.29 is 4.79 Å². The Bertz CT molecular complexity index is 630. The van der Waals surface area contributed by atoms with Crippen LogP contribution in [0.15, 0.2) is 42.6 Å². The fraction of sp³-hybridized carbons (Fsp3) is 0.200. The maximum absolute atomic E-state index is 12.5. The number of amides is 1. The Morgan fingerprint density at radius 1 is 1.33 bits per heavy atom. The molecule has 0 spiro atoms. The minimum atomic E-state index is -0.172. The highest BCUT2D eigenvalue weighted by Crippen LogP contribution is 2.22. The van der Waals surface area contributed by atoms with Crippen LogP contribution in [0.1, 0.15) is 29.0 Å². The average Bonchev–Trinajstić information content (AvgIpc) is 2.53. The molecule has 110 valence electrons. The highest BCUT2D eigenvalue weighted by atomic mass is 35.5. The first-order valence-corrected chi connectivity index (χ1v) is 6.86. The van der Waals surface area contributed by atoms with E-state index in [1.165, 1.54) is 0 Å². The molecule has 2 aromatic rings. The van der Waals surface area contributed by atoms with Crippen LogP contribution < -0.4 is 11.3 Å². The molecule has 21 heavy (non-hydrogen) atoms. The summed E-state index contributed by atoms with van der Waals surface area (Å²) in [6.07, 6.45) is 1.54. The number of hydrogen-bond donors (Lipinski definition) is 2. The number of anilines is 1. The number of hydrazine groups is 1. The molecule has 0 radical (unpaired) electrons. The van der Waals surface area contributed by atoms with Gasteiger partial charge in [0, 0.05) is 18.3 Å². The second-order valence-electron chi connectivity index (χ2n) is 4.72. The second-order valence-corrected chi connectivity index (χ2v) is 5.15. The standard InChI is InChI=1S/C15H17ClN4O/c1-10(11-3-5-12(16)6-4-11)20(2)15(21)14-9-13(19-17)7-8-18-14/h3-10H,17H2,1-2H3,(H,18,19). The van der Waals surface area contributed by atoms with Crippen molar-refractivity contribution >= 4 is 23.2 Å². The molecule has 1 aromatic heterocycles. The molecule has 1 atom stereocenters. The maximum atomic E-state index is 12.5. The van der Waals surface area contributed by atoms with Crippen molar-refractivity contribution in [2.75, 3.05) is 12.5 Å². The molecular formula is C15H17ClN4O. The number of carbonyl (C=O) groups is 1. The summed E-state index contributed by atoms with van der Waals surface area (Å²) in [6.45, 7) is 1.95. The van der Waals surface area contributed by atoms with Crippen molar-refractivity contribution in [2.24, 2.45) is 5.84 Å². The smallest absolute Gasteiger partial charge is 0.272 e. The van der Waals surface area contributed by atoms with Crippen molar-refractivity contribution in [1.29, 1.82) is 0 Å². The molecule has 0 aliphatic rings. The number of benzene rings is 1. The highest BCUT2D eigenvalue weighted by molar-refractivity contribution is 6.30. The summed E-state index contributed by atoms with van der Waals surface area (Å²) in [7, 11) is 1.74. The number of rotatable bonds is 4. The molecule has 6 heteroatoms. The number of nitrogen functional groups attached to an aromatic ring is 1. The van der Waals surface area contributed by atoms with Gasteiger partial charge in [0.05, 0.1) is 11.7 Å². The van der Waals surface area contributed by atoms with Gasteiger partial charge in [-0.05, 0) is 36.8 Å². The summed E-state index contributed by atoms with van der Waals surface area (Å²) in [5.74, 6) is 5.17. The Morgan fingerprint density at radius 2 is 2.00 bits per heavy atom. The Kier molecular flexibility index (Phi) is 4.77. The van der Waals surface area contributed by atoms with Gasteiger partial charge < -0.3 is 10.3 Å². The summed E-state index contributed by atoms with van der Waals surface area (Å²) in [6, 6.07) is 10.6. The minimum absolute atomic E-state index is 0.0916. The lowest BCUT2D eigenvalue weighted by atomic mass is 10.1. The third-order valence-corrected chi connectivity index (χ3v) is 3.65. The Balaban J connectivity index is 2.19. The van der Waals surface area contributed by atoms with Crippen LogP contribution in [-0.4, -0.2) is 22.8 Å². The van der Waals surface area contributed by atoms with Crippen LogP contribution in [-0.2, 0) is 0 Å². The second kappa shape index (κ2) is 6.56. The Labute approximate surface area is 128 Å². The lowest BCUT2D eigenvalue weighted by Gasteiger charge is -2.25. The largest absolute Gasteiger partial charge is 0.334 e. The van der Waals surface area contributed by atoms with Gasteiger partial charge in [-0.1, -0.05) is 23.7 Å². The van der Waals surface area contributed by atoms with E-state index in [4.69, 9.17) is 17.4 Å². The fourth-order valence-electron chi connectivity index (χ4n) is 1.96. The van der Waals surface area contributed by atoms with Crippen molar-refractivity contribution in [1.82, 2.24) is 9.88 Å². The molecule has 0 bridgehead atoms. The number of nitrogens with two attached hydrogens (primary N) is 1. The van der Waals surface area contributed by atoms with Crippen molar-refractivity contribution in [3.05, 3.63) is 58.9 Å². The summed E-state index contributed by atoms with van der Waals surface area (Å²) in [4.78, 5) is 18.2. The van der Waals surface area contributed by atoms with Gasteiger partial charge >= 0.3 is 0 Å². The van der Waals surface area contributed by atoms with Gasteiger partial charge in [-0.25, -0.2) is 0 Å². The van der Waals surface area contributed by atoms with E-state index in [1.54, 1.807) is 30.3 Å². The normalized spacial score (nSPS) is 11.8. The van der Waals surface area contributed by atoms with Crippen LogP contribution in [0, 0.1) is 0 Å². The molecule has 0 saturated carbocycles. The van der Waals surface area contributed by atoms with Crippen LogP contribution in [0.2, 0.25) is 5.02 Å². The van der Waals surface area contributed by atoms with Crippen molar-refractivity contribution in [3.63, 3.8) is 0 Å². The molecule has 1 amide bonds. The van der Waals surface area contributed by atoms with Crippen LogP contribution in [0.3, 0.4) is 0 Å². The zero-order chi connectivity index (χ0) is 15.4. The fourth-order valence-corrected chi connectivity index (χ4v) is 2.08. The Morgan fingerprint density at radius 3 is 2.62 bits per heavy atom. The molecule has 3 N–H and O–H groups in total. The van der Waals surface area contributed by atoms with Crippen LogP contribution in [0.25, 0.3) is 0 Å². The van der Waals surface area contributed by atoms with Gasteiger partial charge in [-0.3, -0.25) is 15.6 Å². The third kappa shape index (κ3) is 3.51. The topological polar surface area (TPSA) is 71.2 Å². The van der Waals surface area contributed by atoms with E-state index < -0.39 is 0 Å². The number of hydrogen-bond acceptors (Lipinski definition) is 4. The highest BCUT2D eigenvalue weighted by Gasteiger charge is 2.20. The predicted octanol–water partition coefficient (Wildman–Crippen LogP) is 2.85. The van der Waals surface area contributed by atoms with Gasteiger partial charge in [-0.15, -0.1) is 0 Å². The van der Waals surface area contributed by atoms with Crippen LogP contribution in [0.4, 0.5) is 5.69 Å². The van der Waals surface area contributed by atoms with E-state index in [-0.39, 0.29) is 11.9 Å². The predicted molar refractivity (Wildman–Crippen MR) is 84.0 cm³/mol. The number of pyridine rings is 1. The number of carbonyl (C=O) groups excluding carboxylic acids is 1. The average molecular weight is 305 g/mol. The molecule has 1 heterocycles. The van der Waals surface area contributed by atoms with E-state index in [1.807, 2.05) is 31.2 Å². The van der Waals surface area contributed by atoms with Crippen molar-refractivity contribution in [3.8, 4) is 0 Å². The monoisotopic (exact) mass is 304 g/mol. The summed E-state index contributed by atoms with van der Waals surface area (Å²) >= 11 is 5.88. The number of halogens is 1. The zero-order valence-electron chi connectivity index (χ0n) is 11.9. The summed E-state index contributed by atoms with van der Waals surface area (Å²) in [5.41, 5.74) is 4.49. The first-order valence-electron chi connectivity index (χ1n) is 6.48. The molecule has 0 aliphatic carbocycles. The summed E-state index contributed by atoms with van der Waals surface area (Å²) < 4.78 is 0. The van der Waals surface area contributed by atoms with Gasteiger partial charge in [0.2, 0.25) is 0 Å². The van der Waals surface area contributed by atoms with E-state index in [9.17, 15) is 4.79 Å². The molecular weight excluding hydrogens is 288 g/mol. The molecule has 5 nitrogen and oxygen atoms in total. The summed E-state index contributed by atoms with van der Waals surface area (Å²) in [5, 5.41) is 0.670. The molecule has 0 aliphatic heterocycles. The molecule has 2 rings (SSSR count). The first kappa shape index (κ1) is 15.3. The third-order valence-electron chi connectivity index (χ3n) is 3.40. The lowest BCUT2D eigenvalue weighted by Crippen LogP contribution is -2.30. The molecule has 0 fully saturated rings. The SMILES string of the molecule is CC(c1ccc(Cl)cc1)N(C)C(=O)c1cc(NN)ccn1. The van der Waals surface area contributed by atoms with E-state index in [0.717, 1.165) is 5.56 Å². The van der Waals surface area contributed by atoms with Gasteiger partial charge in [0.25, 0.3) is 5.91 Å². The van der Waals surface area contributed by atoms with E-state index in [0.29, 0.717) is 16.4 Å². The first-order chi connectivity index (χ1) is 10.0. The minimum Gasteiger partial charge on any atom is -0.334 e. The van der Waals surface area contributed by atoms with Crippen molar-refractivity contribution in [2.45, 2.75) is 13.0 Å². The maximum Gasteiger partial charge on any atom is 0.272 e. The van der Waals surface area contributed by atoms with Crippen LogP contribution in [0.5, 0.6) is 0 Å². The number of nitrogens with zero attached hydrogens (tertiary/aromatic N) is 2. The molecule has 1 aromatic carbocycles. The van der Waals surface area contributed by atoms with Crippen LogP contribution >= 0.6 is 11.6 Å². The number of nitrogens with one attached hydrogen (secondary N) is 1. The van der Waals surface area contributed by atoms with Gasteiger partial charge in [0.15, 0.2) is 0 Å². The van der Waals surface area contributed by atoms with Gasteiger partial charge in [0.1, 0.15) is 5.69 Å². The molecule has 1 unspecified atom stereocenters. The lowest BCUT2D eigenvalue weighted by molar-refractivity contribution is 0.0737. The number of aromatic nitrogens is 1. The van der Waals surface area contributed by atoms with Gasteiger partial charge in [-0.2, -0.15) is 0 Å². The molecule has 0 saturated heterocycles. The Hall–Kier alpha value is -2.11. The quantitative estimate of drug-likeness (QED) is 0.673. The zero-order valence-corrected chi connectivity index (χ0v) is 12.6. The van der Waals surface area contributed by atoms with E-state index >= 15 is 0 Å². The van der Waals surface area contributed by atoms with E-state index in [2.05, 4.69) is 10.4 Å².